The average molecular weight is 346 g/mol. The Morgan fingerprint density at radius 2 is 1.82 bits per heavy atom. The van der Waals surface area contributed by atoms with Crippen molar-refractivity contribution in [1.82, 2.24) is 4.31 Å². The van der Waals surface area contributed by atoms with Crippen LogP contribution in [0.25, 0.3) is 0 Å². The quantitative estimate of drug-likeness (QED) is 0.834. The van der Waals surface area contributed by atoms with Crippen molar-refractivity contribution in [3.05, 3.63) is 24.3 Å². The summed E-state index contributed by atoms with van der Waals surface area (Å²) in [6.07, 6.45) is 1.99. The third kappa shape index (κ3) is 3.04. The van der Waals surface area contributed by atoms with E-state index in [0.29, 0.717) is 19.1 Å². The SMILES string of the molecule is NS(=O)(=O)c1cccc(S(=O)(=O)N2CCOCC2C2CC2)c1. The van der Waals surface area contributed by atoms with Gasteiger partial charge in [0.2, 0.25) is 20.0 Å². The Kier molecular flexibility index (Phi) is 4.02. The first-order valence-corrected chi connectivity index (χ1v) is 10.0. The lowest BCUT2D eigenvalue weighted by Crippen LogP contribution is -2.49. The zero-order valence-corrected chi connectivity index (χ0v) is 13.5. The number of nitrogens with two attached hydrogens (primary N) is 1. The first-order valence-electron chi connectivity index (χ1n) is 7.02. The van der Waals surface area contributed by atoms with Crippen LogP contribution in [-0.4, -0.2) is 46.9 Å². The second-order valence-corrected chi connectivity index (χ2v) is 9.07. The Hall–Kier alpha value is -1.00. The fourth-order valence-corrected chi connectivity index (χ4v) is 5.04. The van der Waals surface area contributed by atoms with E-state index in [9.17, 15) is 16.8 Å². The smallest absolute Gasteiger partial charge is 0.243 e. The summed E-state index contributed by atoms with van der Waals surface area (Å²) in [5, 5.41) is 5.08. The molecule has 1 heterocycles. The highest BCUT2D eigenvalue weighted by Gasteiger charge is 2.42. The van der Waals surface area contributed by atoms with Gasteiger partial charge < -0.3 is 4.74 Å². The maximum Gasteiger partial charge on any atom is 0.243 e. The van der Waals surface area contributed by atoms with Crippen molar-refractivity contribution in [1.29, 1.82) is 0 Å². The van der Waals surface area contributed by atoms with Gasteiger partial charge in [0.1, 0.15) is 0 Å². The first-order chi connectivity index (χ1) is 10.3. The molecule has 0 bridgehead atoms. The minimum atomic E-state index is -3.94. The molecule has 7 nitrogen and oxygen atoms in total. The molecule has 1 aliphatic heterocycles. The molecule has 0 aromatic heterocycles. The predicted molar refractivity (Wildman–Crippen MR) is 79.0 cm³/mol. The highest BCUT2D eigenvalue weighted by Crippen LogP contribution is 2.38. The molecule has 22 heavy (non-hydrogen) atoms. The van der Waals surface area contributed by atoms with Gasteiger partial charge in [-0.3, -0.25) is 0 Å². The lowest BCUT2D eigenvalue weighted by atomic mass is 10.2. The van der Waals surface area contributed by atoms with E-state index >= 15 is 0 Å². The van der Waals surface area contributed by atoms with Crippen LogP contribution in [0.5, 0.6) is 0 Å². The van der Waals surface area contributed by atoms with E-state index < -0.39 is 20.0 Å². The summed E-state index contributed by atoms with van der Waals surface area (Å²) < 4.78 is 55.4. The number of rotatable bonds is 4. The molecule has 1 unspecified atom stereocenters. The summed E-state index contributed by atoms with van der Waals surface area (Å²) in [6.45, 7) is 1.01. The zero-order valence-electron chi connectivity index (χ0n) is 11.9. The molecule has 1 saturated carbocycles. The van der Waals surface area contributed by atoms with Gasteiger partial charge in [0, 0.05) is 6.54 Å². The van der Waals surface area contributed by atoms with Gasteiger partial charge in [0.15, 0.2) is 0 Å². The van der Waals surface area contributed by atoms with E-state index in [-0.39, 0.29) is 22.4 Å². The number of hydrogen-bond donors (Lipinski definition) is 1. The van der Waals surface area contributed by atoms with Gasteiger partial charge in [-0.05, 0) is 37.0 Å². The molecule has 122 valence electrons. The number of ether oxygens (including phenoxy) is 1. The number of hydrogen-bond acceptors (Lipinski definition) is 5. The van der Waals surface area contributed by atoms with E-state index in [4.69, 9.17) is 9.88 Å². The molecule has 0 amide bonds. The number of primary sulfonamides is 1. The molecule has 2 aliphatic rings. The fraction of sp³-hybridized carbons (Fsp3) is 0.538. The normalized spacial score (nSPS) is 24.3. The largest absolute Gasteiger partial charge is 0.378 e. The molecule has 3 rings (SSSR count). The molecule has 1 aromatic carbocycles. The maximum atomic E-state index is 12.8. The van der Waals surface area contributed by atoms with Crippen LogP contribution >= 0.6 is 0 Å². The Morgan fingerprint density at radius 3 is 2.45 bits per heavy atom. The van der Waals surface area contributed by atoms with Crippen molar-refractivity contribution >= 4 is 20.0 Å². The molecule has 1 aromatic rings. The molecule has 1 aliphatic carbocycles. The molecule has 2 N–H and O–H groups in total. The van der Waals surface area contributed by atoms with Crippen molar-refractivity contribution in [2.24, 2.45) is 11.1 Å². The van der Waals surface area contributed by atoms with Gasteiger partial charge in [-0.1, -0.05) is 6.07 Å². The third-order valence-corrected chi connectivity index (χ3v) is 6.85. The second-order valence-electron chi connectivity index (χ2n) is 5.62. The Balaban J connectivity index is 1.98. The Bertz CT molecular complexity index is 771. The zero-order chi connectivity index (χ0) is 16.0. The fourth-order valence-electron chi connectivity index (χ4n) is 2.71. The number of sulfonamides is 2. The summed E-state index contributed by atoms with van der Waals surface area (Å²) in [4.78, 5) is -0.253. The molecule has 9 heteroatoms. The molecule has 2 fully saturated rings. The van der Waals surface area contributed by atoms with Gasteiger partial charge >= 0.3 is 0 Å². The van der Waals surface area contributed by atoms with Crippen LogP contribution in [0.4, 0.5) is 0 Å². The number of benzene rings is 1. The van der Waals surface area contributed by atoms with Gasteiger partial charge in [0.05, 0.1) is 29.0 Å². The standard InChI is InChI=1S/C13H18N2O5S2/c14-21(16,17)11-2-1-3-12(8-11)22(18,19)15-6-7-20-9-13(15)10-4-5-10/h1-3,8,10,13H,4-7,9H2,(H2,14,16,17). The minimum Gasteiger partial charge on any atom is -0.378 e. The minimum absolute atomic E-state index is 0.0495. The summed E-state index contributed by atoms with van der Waals surface area (Å²) in [6, 6.07) is 5.01. The van der Waals surface area contributed by atoms with Crippen LogP contribution in [0.3, 0.4) is 0 Å². The Labute approximate surface area is 130 Å². The van der Waals surface area contributed by atoms with Crippen LogP contribution in [0.2, 0.25) is 0 Å². The van der Waals surface area contributed by atoms with Gasteiger partial charge in [-0.2, -0.15) is 4.31 Å². The van der Waals surface area contributed by atoms with E-state index in [1.807, 2.05) is 0 Å². The van der Waals surface area contributed by atoms with E-state index in [1.165, 1.54) is 22.5 Å². The van der Waals surface area contributed by atoms with Crippen LogP contribution in [-0.2, 0) is 24.8 Å². The Morgan fingerprint density at radius 1 is 1.14 bits per heavy atom. The summed E-state index contributed by atoms with van der Waals surface area (Å²) in [7, 11) is -7.71. The molecule has 1 saturated heterocycles. The van der Waals surface area contributed by atoms with Crippen LogP contribution in [0.15, 0.2) is 34.1 Å². The van der Waals surface area contributed by atoms with Crippen molar-refractivity contribution in [2.45, 2.75) is 28.7 Å². The lowest BCUT2D eigenvalue weighted by molar-refractivity contribution is 0.0247. The average Bonchev–Trinajstić information content (AvgIpc) is 3.31. The van der Waals surface area contributed by atoms with Crippen molar-refractivity contribution < 1.29 is 21.6 Å². The lowest BCUT2D eigenvalue weighted by Gasteiger charge is -2.34. The van der Waals surface area contributed by atoms with Crippen molar-refractivity contribution in [2.75, 3.05) is 19.8 Å². The maximum absolute atomic E-state index is 12.8. The third-order valence-electron chi connectivity index (χ3n) is 4.02. The highest BCUT2D eigenvalue weighted by molar-refractivity contribution is 7.90. The molecule has 1 atom stereocenters. The topological polar surface area (TPSA) is 107 Å². The van der Waals surface area contributed by atoms with E-state index in [0.717, 1.165) is 18.9 Å². The van der Waals surface area contributed by atoms with E-state index in [2.05, 4.69) is 0 Å². The molecule has 0 radical (unpaired) electrons. The predicted octanol–water partition coefficient (Wildman–Crippen LogP) is 0.134. The molecular formula is C13H18N2O5S2. The second kappa shape index (κ2) is 5.57. The number of nitrogens with zero attached hydrogens (tertiary/aromatic N) is 1. The highest BCUT2D eigenvalue weighted by atomic mass is 32.2. The van der Waals surface area contributed by atoms with Crippen molar-refractivity contribution in [3.63, 3.8) is 0 Å². The van der Waals surface area contributed by atoms with Gasteiger partial charge in [-0.25, -0.2) is 22.0 Å². The van der Waals surface area contributed by atoms with Crippen LogP contribution in [0.1, 0.15) is 12.8 Å². The summed E-state index contributed by atoms with van der Waals surface area (Å²) in [5.41, 5.74) is 0. The molecule has 0 spiro atoms. The summed E-state index contributed by atoms with van der Waals surface area (Å²) >= 11 is 0. The summed E-state index contributed by atoms with van der Waals surface area (Å²) in [5.74, 6) is 0.330. The van der Waals surface area contributed by atoms with Crippen LogP contribution in [0, 0.1) is 5.92 Å². The molecular weight excluding hydrogens is 328 g/mol. The van der Waals surface area contributed by atoms with Crippen molar-refractivity contribution in [3.8, 4) is 0 Å². The van der Waals surface area contributed by atoms with Crippen LogP contribution < -0.4 is 5.14 Å². The monoisotopic (exact) mass is 346 g/mol. The number of morpholine rings is 1. The van der Waals surface area contributed by atoms with Gasteiger partial charge in [-0.15, -0.1) is 0 Å². The first kappa shape index (κ1) is 15.9. The van der Waals surface area contributed by atoms with E-state index in [1.54, 1.807) is 0 Å². The van der Waals surface area contributed by atoms with Gasteiger partial charge in [0.25, 0.3) is 0 Å².